The van der Waals surface area contributed by atoms with Crippen LogP contribution in [0.1, 0.15) is 31.7 Å². The first-order valence-corrected chi connectivity index (χ1v) is 7.31. The lowest BCUT2D eigenvalue weighted by Gasteiger charge is -2.36. The molecule has 0 saturated carbocycles. The third-order valence-electron chi connectivity index (χ3n) is 3.81. The van der Waals surface area contributed by atoms with Gasteiger partial charge in [-0.05, 0) is 37.2 Å². The second-order valence-corrected chi connectivity index (χ2v) is 5.19. The summed E-state index contributed by atoms with van der Waals surface area (Å²) in [6.45, 7) is 8.00. The molecule has 19 heavy (non-hydrogen) atoms. The molecule has 0 radical (unpaired) electrons. The van der Waals surface area contributed by atoms with E-state index in [1.165, 1.54) is 31.5 Å². The molecule has 2 rings (SSSR count). The Labute approximate surface area is 116 Å². The Balaban J connectivity index is 1.80. The predicted molar refractivity (Wildman–Crippen MR) is 79.3 cm³/mol. The zero-order valence-corrected chi connectivity index (χ0v) is 11.8. The maximum absolute atomic E-state index is 8.81. The lowest BCUT2D eigenvalue weighted by Crippen LogP contribution is -2.46. The Bertz CT molecular complexity index is 411. The molecular weight excluding hydrogens is 234 g/mol. The minimum Gasteiger partial charge on any atom is -0.369 e. The molecule has 0 aliphatic carbocycles. The summed E-state index contributed by atoms with van der Waals surface area (Å²) >= 11 is 0. The fourth-order valence-corrected chi connectivity index (χ4v) is 2.56. The Morgan fingerprint density at radius 3 is 2.32 bits per heavy atom. The summed E-state index contributed by atoms with van der Waals surface area (Å²) in [6, 6.07) is 10.1. The lowest BCUT2D eigenvalue weighted by molar-refractivity contribution is 0.252. The Kier molecular flexibility index (Phi) is 5.23. The average Bonchev–Trinajstić information content (AvgIpc) is 2.48. The minimum absolute atomic E-state index is 0.738. The zero-order chi connectivity index (χ0) is 13.5. The second kappa shape index (κ2) is 7.16. The van der Waals surface area contributed by atoms with Gasteiger partial charge in [0.25, 0.3) is 0 Å². The lowest BCUT2D eigenvalue weighted by atomic mass is 10.2. The third kappa shape index (κ3) is 3.97. The number of rotatable bonds is 5. The molecule has 1 aromatic rings. The van der Waals surface area contributed by atoms with Crippen LogP contribution < -0.4 is 4.90 Å². The van der Waals surface area contributed by atoms with Gasteiger partial charge in [-0.15, -0.1) is 0 Å². The van der Waals surface area contributed by atoms with Gasteiger partial charge in [0.05, 0.1) is 11.6 Å². The molecule has 1 saturated heterocycles. The molecule has 102 valence electrons. The number of nitrogens with zero attached hydrogens (tertiary/aromatic N) is 3. The van der Waals surface area contributed by atoms with Gasteiger partial charge in [0.1, 0.15) is 0 Å². The van der Waals surface area contributed by atoms with Crippen molar-refractivity contribution in [3.63, 3.8) is 0 Å². The highest BCUT2D eigenvalue weighted by molar-refractivity contribution is 5.50. The molecule has 0 spiro atoms. The van der Waals surface area contributed by atoms with Gasteiger partial charge in [-0.3, -0.25) is 4.90 Å². The second-order valence-electron chi connectivity index (χ2n) is 5.19. The van der Waals surface area contributed by atoms with Crippen molar-refractivity contribution in [1.82, 2.24) is 4.90 Å². The van der Waals surface area contributed by atoms with Crippen molar-refractivity contribution < 1.29 is 0 Å². The molecule has 0 N–H and O–H groups in total. The topological polar surface area (TPSA) is 30.3 Å². The molecule has 0 aromatic heterocycles. The van der Waals surface area contributed by atoms with Crippen LogP contribution in [0.4, 0.5) is 5.69 Å². The smallest absolute Gasteiger partial charge is 0.0991 e. The van der Waals surface area contributed by atoms with E-state index < -0.39 is 0 Å². The van der Waals surface area contributed by atoms with Crippen LogP contribution in [0.5, 0.6) is 0 Å². The van der Waals surface area contributed by atoms with E-state index in [0.29, 0.717) is 0 Å². The van der Waals surface area contributed by atoms with Crippen molar-refractivity contribution in [2.45, 2.75) is 26.2 Å². The molecule has 0 bridgehead atoms. The van der Waals surface area contributed by atoms with Gasteiger partial charge in [-0.1, -0.05) is 19.8 Å². The van der Waals surface area contributed by atoms with E-state index in [-0.39, 0.29) is 0 Å². The van der Waals surface area contributed by atoms with Crippen molar-refractivity contribution in [1.29, 1.82) is 5.26 Å². The van der Waals surface area contributed by atoms with E-state index >= 15 is 0 Å². The van der Waals surface area contributed by atoms with E-state index in [0.717, 1.165) is 31.7 Å². The number of anilines is 1. The first-order chi connectivity index (χ1) is 9.33. The summed E-state index contributed by atoms with van der Waals surface area (Å²) in [6.07, 6.45) is 3.97. The molecule has 1 aliphatic heterocycles. The maximum atomic E-state index is 8.81. The largest absolute Gasteiger partial charge is 0.369 e. The molecule has 0 atom stereocenters. The Morgan fingerprint density at radius 1 is 1.05 bits per heavy atom. The summed E-state index contributed by atoms with van der Waals surface area (Å²) in [7, 11) is 0. The van der Waals surface area contributed by atoms with Crippen LogP contribution in [0, 0.1) is 11.3 Å². The standard InChI is InChI=1S/C16H23N3/c1-2-3-4-9-18-10-12-19(13-11-18)16-7-5-15(14-17)6-8-16/h5-8H,2-4,9-13H2,1H3. The van der Waals surface area contributed by atoms with Crippen LogP contribution in [-0.2, 0) is 0 Å². The highest BCUT2D eigenvalue weighted by atomic mass is 15.3. The number of hydrogen-bond donors (Lipinski definition) is 0. The summed E-state index contributed by atoms with van der Waals surface area (Å²) < 4.78 is 0. The molecule has 0 amide bonds. The van der Waals surface area contributed by atoms with Crippen molar-refractivity contribution >= 4 is 5.69 Å². The van der Waals surface area contributed by atoms with Gasteiger partial charge in [0, 0.05) is 31.9 Å². The van der Waals surface area contributed by atoms with Crippen LogP contribution in [0.15, 0.2) is 24.3 Å². The molecule has 1 heterocycles. The fraction of sp³-hybridized carbons (Fsp3) is 0.562. The normalized spacial score (nSPS) is 16.3. The van der Waals surface area contributed by atoms with Crippen LogP contribution in [0.3, 0.4) is 0 Å². The summed E-state index contributed by atoms with van der Waals surface area (Å²) in [5.74, 6) is 0. The molecule has 0 unspecified atom stereocenters. The van der Waals surface area contributed by atoms with Crippen molar-refractivity contribution in [3.8, 4) is 6.07 Å². The average molecular weight is 257 g/mol. The highest BCUT2D eigenvalue weighted by Gasteiger charge is 2.16. The SMILES string of the molecule is CCCCCN1CCN(c2ccc(C#N)cc2)CC1. The summed E-state index contributed by atoms with van der Waals surface area (Å²) in [5, 5.41) is 8.81. The molecule has 3 heteroatoms. The number of hydrogen-bond acceptors (Lipinski definition) is 3. The number of unbranched alkanes of at least 4 members (excludes halogenated alkanes) is 2. The van der Waals surface area contributed by atoms with E-state index in [2.05, 4.69) is 34.9 Å². The molecule has 1 aromatic carbocycles. The summed E-state index contributed by atoms with van der Waals surface area (Å²) in [5.41, 5.74) is 1.98. The fourth-order valence-electron chi connectivity index (χ4n) is 2.56. The first-order valence-electron chi connectivity index (χ1n) is 7.31. The van der Waals surface area contributed by atoms with Gasteiger partial charge in [0.2, 0.25) is 0 Å². The monoisotopic (exact) mass is 257 g/mol. The molecular formula is C16H23N3. The number of piperazine rings is 1. The molecule has 1 aliphatic rings. The number of nitriles is 1. The quantitative estimate of drug-likeness (QED) is 0.760. The molecule has 1 fully saturated rings. The van der Waals surface area contributed by atoms with Gasteiger partial charge < -0.3 is 4.90 Å². The maximum Gasteiger partial charge on any atom is 0.0991 e. The van der Waals surface area contributed by atoms with Crippen molar-refractivity contribution in [3.05, 3.63) is 29.8 Å². The van der Waals surface area contributed by atoms with E-state index in [9.17, 15) is 0 Å². The van der Waals surface area contributed by atoms with Crippen LogP contribution in [0.25, 0.3) is 0 Å². The van der Waals surface area contributed by atoms with Gasteiger partial charge in [-0.25, -0.2) is 0 Å². The Morgan fingerprint density at radius 2 is 1.74 bits per heavy atom. The highest BCUT2D eigenvalue weighted by Crippen LogP contribution is 2.17. The van der Waals surface area contributed by atoms with Gasteiger partial charge in [-0.2, -0.15) is 5.26 Å². The minimum atomic E-state index is 0.738. The van der Waals surface area contributed by atoms with Gasteiger partial charge in [0.15, 0.2) is 0 Å². The molecule has 3 nitrogen and oxygen atoms in total. The zero-order valence-electron chi connectivity index (χ0n) is 11.8. The van der Waals surface area contributed by atoms with E-state index in [1.807, 2.05) is 12.1 Å². The van der Waals surface area contributed by atoms with Crippen LogP contribution in [0.2, 0.25) is 0 Å². The summed E-state index contributed by atoms with van der Waals surface area (Å²) in [4.78, 5) is 4.98. The van der Waals surface area contributed by atoms with Crippen LogP contribution in [-0.4, -0.2) is 37.6 Å². The van der Waals surface area contributed by atoms with Gasteiger partial charge >= 0.3 is 0 Å². The Hall–Kier alpha value is -1.53. The van der Waals surface area contributed by atoms with Crippen molar-refractivity contribution in [2.24, 2.45) is 0 Å². The van der Waals surface area contributed by atoms with Crippen molar-refractivity contribution in [2.75, 3.05) is 37.6 Å². The third-order valence-corrected chi connectivity index (χ3v) is 3.81. The van der Waals surface area contributed by atoms with E-state index in [1.54, 1.807) is 0 Å². The predicted octanol–water partition coefficient (Wildman–Crippen LogP) is 2.87. The first kappa shape index (κ1) is 13.9. The van der Waals surface area contributed by atoms with Crippen LogP contribution >= 0.6 is 0 Å². The number of benzene rings is 1. The van der Waals surface area contributed by atoms with E-state index in [4.69, 9.17) is 5.26 Å².